The number of nitrogens with zero attached hydrogens (tertiary/aromatic N) is 2. The first-order chi connectivity index (χ1) is 13.8. The molecule has 1 aliphatic rings. The summed E-state index contributed by atoms with van der Waals surface area (Å²) in [5.41, 5.74) is 1.02. The highest BCUT2D eigenvalue weighted by Gasteiger charge is 2.47. The monoisotopic (exact) mass is 399 g/mol. The van der Waals surface area contributed by atoms with Gasteiger partial charge in [0.05, 0.1) is 18.2 Å². The molecule has 3 rings (SSSR count). The lowest BCUT2D eigenvalue weighted by molar-refractivity contribution is -0.131. The number of urea groups is 1. The van der Waals surface area contributed by atoms with E-state index in [9.17, 15) is 18.4 Å². The van der Waals surface area contributed by atoms with Crippen LogP contribution < -0.4 is 10.1 Å². The van der Waals surface area contributed by atoms with E-state index < -0.39 is 18.2 Å². The molecule has 150 valence electrons. The van der Waals surface area contributed by atoms with Crippen molar-refractivity contribution in [2.24, 2.45) is 0 Å². The van der Waals surface area contributed by atoms with Crippen molar-refractivity contribution in [2.45, 2.75) is 38.5 Å². The molecule has 8 heteroatoms. The van der Waals surface area contributed by atoms with Crippen LogP contribution in [0.3, 0.4) is 0 Å². The van der Waals surface area contributed by atoms with Crippen molar-refractivity contribution >= 4 is 11.9 Å². The minimum absolute atomic E-state index is 0.0637. The van der Waals surface area contributed by atoms with Gasteiger partial charge in [0.2, 0.25) is 0 Å². The van der Waals surface area contributed by atoms with Gasteiger partial charge in [-0.25, -0.2) is 4.79 Å². The molecule has 3 amide bonds. The lowest BCUT2D eigenvalue weighted by Gasteiger charge is -2.21. The van der Waals surface area contributed by atoms with E-state index in [2.05, 4.69) is 10.1 Å². The van der Waals surface area contributed by atoms with Crippen molar-refractivity contribution in [2.75, 3.05) is 0 Å². The summed E-state index contributed by atoms with van der Waals surface area (Å²) in [4.78, 5) is 26.3. The number of ether oxygens (including phenoxy) is 1. The molecule has 1 aliphatic heterocycles. The van der Waals surface area contributed by atoms with Gasteiger partial charge in [-0.3, -0.25) is 9.69 Å². The zero-order valence-corrected chi connectivity index (χ0v) is 15.7. The molecular formula is C21H19F2N3O3. The van der Waals surface area contributed by atoms with E-state index in [1.807, 2.05) is 6.07 Å². The van der Waals surface area contributed by atoms with E-state index in [1.165, 1.54) is 12.1 Å². The van der Waals surface area contributed by atoms with E-state index in [1.54, 1.807) is 43.3 Å². The molecule has 1 N–H and O–H groups in total. The van der Waals surface area contributed by atoms with Crippen LogP contribution >= 0.6 is 0 Å². The number of rotatable bonds is 7. The second-order valence-corrected chi connectivity index (χ2v) is 6.98. The van der Waals surface area contributed by atoms with Crippen LogP contribution in [0.5, 0.6) is 5.75 Å². The smallest absolute Gasteiger partial charge is 0.387 e. The number of aryl methyl sites for hydroxylation is 1. The molecule has 6 nitrogen and oxygen atoms in total. The van der Waals surface area contributed by atoms with E-state index in [0.29, 0.717) is 18.4 Å². The summed E-state index contributed by atoms with van der Waals surface area (Å²) in [7, 11) is 0. The topological polar surface area (TPSA) is 82.4 Å². The Kier molecular flexibility index (Phi) is 5.78. The number of imide groups is 1. The minimum atomic E-state index is -2.88. The molecule has 2 aromatic carbocycles. The molecule has 1 saturated heterocycles. The van der Waals surface area contributed by atoms with Gasteiger partial charge in [-0.05, 0) is 55.2 Å². The standard InChI is InChI=1S/C21H19F2N3O3/c1-21(11-10-14-6-8-17(9-7-14)29-19(22)23)18(27)26(20(28)25-21)13-16-4-2-15(12-24)3-5-16/h2-9,19H,10-11,13H2,1H3,(H,25,28). The Morgan fingerprint density at radius 2 is 1.72 bits per heavy atom. The third-order valence-corrected chi connectivity index (χ3v) is 4.83. The number of carbonyl (C=O) groups excluding carboxylic acids is 2. The second-order valence-electron chi connectivity index (χ2n) is 6.98. The fourth-order valence-electron chi connectivity index (χ4n) is 3.16. The van der Waals surface area contributed by atoms with Gasteiger partial charge in [0, 0.05) is 0 Å². The lowest BCUT2D eigenvalue weighted by atomic mass is 9.93. The molecule has 2 aromatic rings. The highest BCUT2D eigenvalue weighted by atomic mass is 19.3. The number of hydrogen-bond donors (Lipinski definition) is 1. The quantitative estimate of drug-likeness (QED) is 0.721. The van der Waals surface area contributed by atoms with Crippen LogP contribution in [0.15, 0.2) is 48.5 Å². The molecule has 0 spiro atoms. The molecule has 1 heterocycles. The van der Waals surface area contributed by atoms with E-state index >= 15 is 0 Å². The number of halogens is 2. The van der Waals surface area contributed by atoms with Gasteiger partial charge in [-0.1, -0.05) is 24.3 Å². The van der Waals surface area contributed by atoms with Gasteiger partial charge in [0.15, 0.2) is 0 Å². The number of nitriles is 1. The van der Waals surface area contributed by atoms with Crippen molar-refractivity contribution in [1.82, 2.24) is 10.2 Å². The van der Waals surface area contributed by atoms with Crippen LogP contribution in [0.1, 0.15) is 30.0 Å². The van der Waals surface area contributed by atoms with Crippen molar-refractivity contribution in [3.63, 3.8) is 0 Å². The van der Waals surface area contributed by atoms with Crippen molar-refractivity contribution in [3.8, 4) is 11.8 Å². The van der Waals surface area contributed by atoms with E-state index in [4.69, 9.17) is 5.26 Å². The maximum atomic E-state index is 12.8. The maximum Gasteiger partial charge on any atom is 0.387 e. The average molecular weight is 399 g/mol. The van der Waals surface area contributed by atoms with Gasteiger partial charge in [0.25, 0.3) is 5.91 Å². The number of benzene rings is 2. The maximum absolute atomic E-state index is 12.8. The Morgan fingerprint density at radius 1 is 1.10 bits per heavy atom. The molecule has 1 atom stereocenters. The molecule has 0 bridgehead atoms. The zero-order valence-electron chi connectivity index (χ0n) is 15.7. The molecule has 1 unspecified atom stereocenters. The molecule has 29 heavy (non-hydrogen) atoms. The van der Waals surface area contributed by atoms with Crippen molar-refractivity contribution in [3.05, 3.63) is 65.2 Å². The third kappa shape index (κ3) is 4.69. The van der Waals surface area contributed by atoms with Gasteiger partial charge in [-0.15, -0.1) is 0 Å². The molecule has 0 saturated carbocycles. The summed E-state index contributed by atoms with van der Waals surface area (Å²) in [5.74, 6) is -0.265. The number of alkyl halides is 2. The summed E-state index contributed by atoms with van der Waals surface area (Å²) in [6, 6.07) is 14.4. The Bertz CT molecular complexity index is 939. The largest absolute Gasteiger partial charge is 0.435 e. The van der Waals surface area contributed by atoms with Crippen LogP contribution in [-0.2, 0) is 17.8 Å². The van der Waals surface area contributed by atoms with Gasteiger partial charge in [0.1, 0.15) is 11.3 Å². The summed E-state index contributed by atoms with van der Waals surface area (Å²) >= 11 is 0. The fraction of sp³-hybridized carbons (Fsp3) is 0.286. The molecule has 0 aliphatic carbocycles. The van der Waals surface area contributed by atoms with Gasteiger partial charge in [-0.2, -0.15) is 14.0 Å². The highest BCUT2D eigenvalue weighted by molar-refractivity contribution is 6.06. The number of carbonyl (C=O) groups is 2. The zero-order chi connectivity index (χ0) is 21.0. The minimum Gasteiger partial charge on any atom is -0.435 e. The van der Waals surface area contributed by atoms with Gasteiger partial charge < -0.3 is 10.1 Å². The number of hydrogen-bond acceptors (Lipinski definition) is 4. The molecular weight excluding hydrogens is 380 g/mol. The SMILES string of the molecule is CC1(CCc2ccc(OC(F)F)cc2)NC(=O)N(Cc2ccc(C#N)cc2)C1=O. The highest BCUT2D eigenvalue weighted by Crippen LogP contribution is 2.25. The van der Waals surface area contributed by atoms with Crippen LogP contribution in [0.4, 0.5) is 13.6 Å². The third-order valence-electron chi connectivity index (χ3n) is 4.83. The molecule has 0 aromatic heterocycles. The lowest BCUT2D eigenvalue weighted by Crippen LogP contribution is -2.44. The Balaban J connectivity index is 1.63. The fourth-order valence-corrected chi connectivity index (χ4v) is 3.16. The number of amides is 3. The van der Waals surface area contributed by atoms with E-state index in [-0.39, 0.29) is 18.2 Å². The summed E-state index contributed by atoms with van der Waals surface area (Å²) in [5, 5.41) is 11.6. The normalized spacial score (nSPS) is 18.7. The Labute approximate surface area is 166 Å². The first kappa shape index (κ1) is 20.3. The van der Waals surface area contributed by atoms with Crippen molar-refractivity contribution < 1.29 is 23.1 Å². The predicted octanol–water partition coefficient (Wildman–Crippen LogP) is 3.60. The average Bonchev–Trinajstić information content (AvgIpc) is 2.91. The Morgan fingerprint density at radius 3 is 2.31 bits per heavy atom. The second kappa shape index (κ2) is 8.27. The van der Waals surface area contributed by atoms with Crippen LogP contribution in [0, 0.1) is 11.3 Å². The molecule has 1 fully saturated rings. The first-order valence-corrected chi connectivity index (χ1v) is 8.97. The summed E-state index contributed by atoms with van der Waals surface area (Å²) in [6.07, 6.45) is 0.832. The van der Waals surface area contributed by atoms with Crippen LogP contribution in [0.2, 0.25) is 0 Å². The van der Waals surface area contributed by atoms with Crippen molar-refractivity contribution in [1.29, 1.82) is 5.26 Å². The summed E-state index contributed by atoms with van der Waals surface area (Å²) < 4.78 is 28.7. The van der Waals surface area contributed by atoms with E-state index in [0.717, 1.165) is 16.0 Å². The summed E-state index contributed by atoms with van der Waals surface area (Å²) in [6.45, 7) is -1.10. The van der Waals surface area contributed by atoms with Gasteiger partial charge >= 0.3 is 12.6 Å². The predicted molar refractivity (Wildman–Crippen MR) is 100 cm³/mol. The molecule has 0 radical (unpaired) electrons. The first-order valence-electron chi connectivity index (χ1n) is 8.97. The van der Waals surface area contributed by atoms with Crippen LogP contribution in [0.25, 0.3) is 0 Å². The Hall–Kier alpha value is -3.47. The number of nitrogens with one attached hydrogen (secondary N) is 1. The van der Waals surface area contributed by atoms with Crippen LogP contribution in [-0.4, -0.2) is 29.0 Å².